The minimum atomic E-state index is -0.540. The summed E-state index contributed by atoms with van der Waals surface area (Å²) in [6.07, 6.45) is 0.465. The molecule has 0 radical (unpaired) electrons. The monoisotopic (exact) mass is 290 g/mol. The fourth-order valence-corrected chi connectivity index (χ4v) is 2.33. The van der Waals surface area contributed by atoms with Crippen molar-refractivity contribution in [1.29, 1.82) is 0 Å². The topological polar surface area (TPSA) is 72.6 Å². The molecule has 5 nitrogen and oxygen atoms in total. The number of carbonyl (C=O) groups is 2. The molecule has 5 heteroatoms. The molecule has 1 aliphatic rings. The number of benzene rings is 1. The van der Waals surface area contributed by atoms with E-state index in [4.69, 9.17) is 10.5 Å². The molecule has 0 bridgehead atoms. The van der Waals surface area contributed by atoms with Gasteiger partial charge < -0.3 is 15.4 Å². The third-order valence-corrected chi connectivity index (χ3v) is 3.33. The highest BCUT2D eigenvalue weighted by molar-refractivity contribution is 5.97. The van der Waals surface area contributed by atoms with E-state index in [9.17, 15) is 9.59 Å². The van der Waals surface area contributed by atoms with E-state index in [0.29, 0.717) is 25.1 Å². The van der Waals surface area contributed by atoms with Crippen LogP contribution in [0.3, 0.4) is 0 Å². The molecule has 0 aromatic heterocycles. The first-order valence-corrected chi connectivity index (χ1v) is 7.14. The zero-order valence-corrected chi connectivity index (χ0v) is 12.8. The third-order valence-electron chi connectivity index (χ3n) is 3.33. The number of amides is 1. The van der Waals surface area contributed by atoms with Crippen molar-refractivity contribution in [3.63, 3.8) is 0 Å². The first-order valence-electron chi connectivity index (χ1n) is 7.14. The number of nitrogens with two attached hydrogens (primary N) is 1. The molecular formula is C16H22N2O3. The van der Waals surface area contributed by atoms with Gasteiger partial charge in [-0.2, -0.15) is 0 Å². The van der Waals surface area contributed by atoms with E-state index in [1.165, 1.54) is 0 Å². The standard InChI is InChI=1S/C16H22N2O3/c1-16(2,3)21-15(20)12-5-4-6-13(8-12)18-10-11(9-17)7-14(18)19/h4-6,8,11H,7,9-10,17H2,1-3H3. The minimum Gasteiger partial charge on any atom is -0.456 e. The summed E-state index contributed by atoms with van der Waals surface area (Å²) in [5, 5.41) is 0. The number of nitrogens with zero attached hydrogens (tertiary/aromatic N) is 1. The first kappa shape index (κ1) is 15.5. The van der Waals surface area contributed by atoms with Crippen LogP contribution in [0.2, 0.25) is 0 Å². The maximum atomic E-state index is 12.1. The molecule has 1 aromatic rings. The normalized spacial score (nSPS) is 19.0. The molecule has 2 N–H and O–H groups in total. The van der Waals surface area contributed by atoms with Crippen LogP contribution in [0.25, 0.3) is 0 Å². The lowest BCUT2D eigenvalue weighted by Crippen LogP contribution is -2.26. The average molecular weight is 290 g/mol. The lowest BCUT2D eigenvalue weighted by atomic mass is 10.1. The van der Waals surface area contributed by atoms with E-state index in [2.05, 4.69) is 0 Å². The van der Waals surface area contributed by atoms with Gasteiger partial charge in [-0.15, -0.1) is 0 Å². The second-order valence-electron chi connectivity index (χ2n) is 6.36. The van der Waals surface area contributed by atoms with Crippen LogP contribution in [0, 0.1) is 5.92 Å². The molecule has 114 valence electrons. The second kappa shape index (κ2) is 5.85. The van der Waals surface area contributed by atoms with Gasteiger partial charge in [0.2, 0.25) is 5.91 Å². The van der Waals surface area contributed by atoms with Crippen molar-refractivity contribution in [2.45, 2.75) is 32.8 Å². The lowest BCUT2D eigenvalue weighted by Gasteiger charge is -2.21. The second-order valence-corrected chi connectivity index (χ2v) is 6.36. The van der Waals surface area contributed by atoms with Gasteiger partial charge in [0.25, 0.3) is 0 Å². The Hall–Kier alpha value is -1.88. The molecule has 1 aliphatic heterocycles. The van der Waals surface area contributed by atoms with Gasteiger partial charge >= 0.3 is 5.97 Å². The van der Waals surface area contributed by atoms with Crippen molar-refractivity contribution in [3.05, 3.63) is 29.8 Å². The van der Waals surface area contributed by atoms with Gasteiger partial charge in [0.05, 0.1) is 5.56 Å². The first-order chi connectivity index (χ1) is 9.80. The number of carbonyl (C=O) groups excluding carboxylic acids is 2. The Balaban J connectivity index is 2.18. The quantitative estimate of drug-likeness (QED) is 0.864. The molecule has 21 heavy (non-hydrogen) atoms. The lowest BCUT2D eigenvalue weighted by molar-refractivity contribution is -0.117. The highest BCUT2D eigenvalue weighted by Crippen LogP contribution is 2.26. The largest absolute Gasteiger partial charge is 0.456 e. The van der Waals surface area contributed by atoms with Gasteiger partial charge in [0.1, 0.15) is 5.60 Å². The summed E-state index contributed by atoms with van der Waals surface area (Å²) >= 11 is 0. The highest BCUT2D eigenvalue weighted by Gasteiger charge is 2.30. The van der Waals surface area contributed by atoms with E-state index < -0.39 is 5.60 Å². The van der Waals surface area contributed by atoms with E-state index in [1.807, 2.05) is 26.8 Å². The summed E-state index contributed by atoms with van der Waals surface area (Å²) in [7, 11) is 0. The Morgan fingerprint density at radius 1 is 1.43 bits per heavy atom. The zero-order chi connectivity index (χ0) is 15.6. The van der Waals surface area contributed by atoms with Crippen LogP contribution in [0.4, 0.5) is 5.69 Å². The predicted octanol–water partition coefficient (Wildman–Crippen LogP) is 1.95. The van der Waals surface area contributed by atoms with E-state index in [0.717, 1.165) is 5.69 Å². The zero-order valence-electron chi connectivity index (χ0n) is 12.8. The van der Waals surface area contributed by atoms with E-state index in [-0.39, 0.29) is 17.8 Å². The van der Waals surface area contributed by atoms with Crippen LogP contribution in [-0.4, -0.2) is 30.6 Å². The third kappa shape index (κ3) is 3.82. The molecular weight excluding hydrogens is 268 g/mol. The molecule has 1 aromatic carbocycles. The molecule has 0 aliphatic carbocycles. The number of rotatable bonds is 3. The maximum Gasteiger partial charge on any atom is 0.338 e. The fourth-order valence-electron chi connectivity index (χ4n) is 2.33. The van der Waals surface area contributed by atoms with Crippen molar-refractivity contribution in [2.24, 2.45) is 11.7 Å². The van der Waals surface area contributed by atoms with Crippen LogP contribution in [0.1, 0.15) is 37.6 Å². The van der Waals surface area contributed by atoms with Crippen LogP contribution >= 0.6 is 0 Å². The molecule has 1 atom stereocenters. The van der Waals surface area contributed by atoms with Gasteiger partial charge in [0.15, 0.2) is 0 Å². The number of ether oxygens (including phenoxy) is 1. The Morgan fingerprint density at radius 2 is 2.14 bits per heavy atom. The van der Waals surface area contributed by atoms with Crippen molar-refractivity contribution in [3.8, 4) is 0 Å². The molecule has 1 saturated heterocycles. The number of esters is 1. The SMILES string of the molecule is CC(C)(C)OC(=O)c1cccc(N2CC(CN)CC2=O)c1. The van der Waals surface area contributed by atoms with Crippen molar-refractivity contribution >= 4 is 17.6 Å². The van der Waals surface area contributed by atoms with E-state index in [1.54, 1.807) is 23.1 Å². The van der Waals surface area contributed by atoms with Crippen LogP contribution in [-0.2, 0) is 9.53 Å². The Morgan fingerprint density at radius 3 is 2.71 bits per heavy atom. The molecule has 1 amide bonds. The summed E-state index contributed by atoms with van der Waals surface area (Å²) in [6, 6.07) is 6.98. The predicted molar refractivity (Wildman–Crippen MR) is 81.1 cm³/mol. The van der Waals surface area contributed by atoms with E-state index >= 15 is 0 Å². The summed E-state index contributed by atoms with van der Waals surface area (Å²) in [5.74, 6) is -0.152. The maximum absolute atomic E-state index is 12.1. The molecule has 2 rings (SSSR count). The summed E-state index contributed by atoms with van der Waals surface area (Å²) in [4.78, 5) is 25.8. The molecule has 1 heterocycles. The fraction of sp³-hybridized carbons (Fsp3) is 0.500. The molecule has 0 spiro atoms. The van der Waals surface area contributed by atoms with Gasteiger partial charge in [-0.25, -0.2) is 4.79 Å². The number of hydrogen-bond donors (Lipinski definition) is 1. The van der Waals surface area contributed by atoms with Crippen molar-refractivity contribution in [2.75, 3.05) is 18.0 Å². The van der Waals surface area contributed by atoms with Gasteiger partial charge in [-0.05, 0) is 51.4 Å². The number of anilines is 1. The van der Waals surface area contributed by atoms with Gasteiger partial charge in [0, 0.05) is 18.7 Å². The smallest absolute Gasteiger partial charge is 0.338 e. The molecule has 1 unspecified atom stereocenters. The van der Waals surface area contributed by atoms with Gasteiger partial charge in [-0.3, -0.25) is 4.79 Å². The average Bonchev–Trinajstić information content (AvgIpc) is 2.78. The highest BCUT2D eigenvalue weighted by atomic mass is 16.6. The van der Waals surface area contributed by atoms with Crippen molar-refractivity contribution < 1.29 is 14.3 Å². The summed E-state index contributed by atoms with van der Waals surface area (Å²) in [5.41, 5.74) is 6.26. The molecule has 0 saturated carbocycles. The Bertz CT molecular complexity index is 549. The van der Waals surface area contributed by atoms with Crippen LogP contribution in [0.5, 0.6) is 0 Å². The van der Waals surface area contributed by atoms with Crippen LogP contribution < -0.4 is 10.6 Å². The van der Waals surface area contributed by atoms with Gasteiger partial charge in [-0.1, -0.05) is 6.07 Å². The Kier molecular flexibility index (Phi) is 4.32. The molecule has 1 fully saturated rings. The summed E-state index contributed by atoms with van der Waals surface area (Å²) in [6.45, 7) is 6.57. The van der Waals surface area contributed by atoms with Crippen LogP contribution in [0.15, 0.2) is 24.3 Å². The Labute approximate surface area is 125 Å². The van der Waals surface area contributed by atoms with Crippen molar-refractivity contribution in [1.82, 2.24) is 0 Å². The minimum absolute atomic E-state index is 0.0480. The number of hydrogen-bond acceptors (Lipinski definition) is 4. The summed E-state index contributed by atoms with van der Waals surface area (Å²) < 4.78 is 5.35.